The zero-order valence-corrected chi connectivity index (χ0v) is 10.4. The Kier molecular flexibility index (Phi) is 3.24. The third-order valence-corrected chi connectivity index (χ3v) is 2.99. The summed E-state index contributed by atoms with van der Waals surface area (Å²) in [5, 5.41) is 12.4. The number of hydrogen-bond acceptors (Lipinski definition) is 4. The summed E-state index contributed by atoms with van der Waals surface area (Å²) in [6.07, 6.45) is 2.06. The van der Waals surface area contributed by atoms with Crippen molar-refractivity contribution < 1.29 is 0 Å². The Labute approximate surface area is 99.1 Å². The first kappa shape index (κ1) is 11.1. The minimum absolute atomic E-state index is 0.305. The highest BCUT2D eigenvalue weighted by molar-refractivity contribution is 7.98. The molecule has 0 aliphatic rings. The van der Waals surface area contributed by atoms with Crippen LogP contribution >= 0.6 is 11.8 Å². The molecule has 4 nitrogen and oxygen atoms in total. The molecule has 0 amide bonds. The molecule has 0 radical (unpaired) electrons. The predicted octanol–water partition coefficient (Wildman–Crippen LogP) is 2.51. The quantitative estimate of drug-likeness (QED) is 0.765. The third kappa shape index (κ3) is 2.24. The maximum atomic E-state index is 4.32. The molecule has 0 aliphatic heterocycles. The second kappa shape index (κ2) is 4.65. The van der Waals surface area contributed by atoms with E-state index in [1.165, 1.54) is 4.90 Å². The summed E-state index contributed by atoms with van der Waals surface area (Å²) in [6, 6.07) is 8.10. The van der Waals surface area contributed by atoms with Crippen molar-refractivity contribution in [2.45, 2.75) is 24.7 Å². The number of nitrogens with zero attached hydrogens (tertiary/aromatic N) is 4. The van der Waals surface area contributed by atoms with Crippen molar-refractivity contribution in [1.29, 1.82) is 0 Å². The van der Waals surface area contributed by atoms with Gasteiger partial charge in [-0.25, -0.2) is 0 Å². The average molecular weight is 234 g/mol. The Morgan fingerprint density at radius 2 is 1.88 bits per heavy atom. The summed E-state index contributed by atoms with van der Waals surface area (Å²) in [4.78, 5) is 2.80. The highest BCUT2D eigenvalue weighted by Crippen LogP contribution is 2.16. The van der Waals surface area contributed by atoms with Gasteiger partial charge in [-0.3, -0.25) is 0 Å². The van der Waals surface area contributed by atoms with E-state index in [-0.39, 0.29) is 0 Å². The average Bonchev–Trinajstić information content (AvgIpc) is 2.78. The van der Waals surface area contributed by atoms with Crippen molar-refractivity contribution >= 4 is 11.8 Å². The molecule has 0 unspecified atom stereocenters. The van der Waals surface area contributed by atoms with Gasteiger partial charge in [0.1, 0.15) is 0 Å². The smallest absolute Gasteiger partial charge is 0.131 e. The molecular formula is C11H14N4S. The van der Waals surface area contributed by atoms with Gasteiger partial charge >= 0.3 is 0 Å². The molecule has 0 saturated carbocycles. The largest absolute Gasteiger partial charge is 0.177 e. The van der Waals surface area contributed by atoms with Gasteiger partial charge in [0.2, 0.25) is 0 Å². The van der Waals surface area contributed by atoms with Crippen molar-refractivity contribution in [3.05, 3.63) is 30.1 Å². The number of tetrazole rings is 1. The summed E-state index contributed by atoms with van der Waals surface area (Å²) in [5.41, 5.74) is 0.942. The molecule has 1 aromatic carbocycles. The molecule has 0 aliphatic carbocycles. The van der Waals surface area contributed by atoms with Gasteiger partial charge in [-0.1, -0.05) is 13.8 Å². The van der Waals surface area contributed by atoms with E-state index in [0.29, 0.717) is 5.92 Å². The Morgan fingerprint density at radius 1 is 1.19 bits per heavy atom. The van der Waals surface area contributed by atoms with E-state index in [9.17, 15) is 0 Å². The summed E-state index contributed by atoms with van der Waals surface area (Å²) < 4.78 is 0. The molecule has 0 atom stereocenters. The highest BCUT2D eigenvalue weighted by Gasteiger charge is 2.07. The molecule has 0 bridgehead atoms. The van der Waals surface area contributed by atoms with Crippen LogP contribution in [0.1, 0.15) is 25.6 Å². The van der Waals surface area contributed by atoms with E-state index in [1.807, 2.05) is 12.1 Å². The molecule has 16 heavy (non-hydrogen) atoms. The first-order valence-electron chi connectivity index (χ1n) is 5.15. The van der Waals surface area contributed by atoms with Crippen LogP contribution in [0.5, 0.6) is 0 Å². The Bertz CT molecular complexity index is 461. The minimum Gasteiger partial charge on any atom is -0.131 e. The lowest BCUT2D eigenvalue weighted by atomic mass is 10.2. The highest BCUT2D eigenvalue weighted by atomic mass is 32.2. The predicted molar refractivity (Wildman–Crippen MR) is 65.0 cm³/mol. The van der Waals surface area contributed by atoms with Crippen LogP contribution in [0, 0.1) is 0 Å². The molecule has 84 valence electrons. The van der Waals surface area contributed by atoms with Crippen LogP contribution in [0.3, 0.4) is 0 Å². The number of rotatable bonds is 3. The number of aromatic nitrogens is 4. The van der Waals surface area contributed by atoms with Gasteiger partial charge in [0.05, 0.1) is 5.69 Å². The summed E-state index contributed by atoms with van der Waals surface area (Å²) in [6.45, 7) is 4.11. The zero-order valence-electron chi connectivity index (χ0n) is 9.58. The third-order valence-electron chi connectivity index (χ3n) is 2.25. The fourth-order valence-corrected chi connectivity index (χ4v) is 1.69. The fourth-order valence-electron chi connectivity index (χ4n) is 1.28. The van der Waals surface area contributed by atoms with Gasteiger partial charge in [0.15, 0.2) is 5.82 Å². The molecule has 0 fully saturated rings. The van der Waals surface area contributed by atoms with Gasteiger partial charge < -0.3 is 0 Å². The molecular weight excluding hydrogens is 220 g/mol. The molecule has 0 spiro atoms. The second-order valence-electron chi connectivity index (χ2n) is 3.79. The number of hydrogen-bond donors (Lipinski definition) is 0. The number of thioether (sulfide) groups is 1. The molecule has 5 heteroatoms. The molecule has 0 saturated heterocycles. The van der Waals surface area contributed by atoms with Crippen LogP contribution in [-0.4, -0.2) is 26.5 Å². The lowest BCUT2D eigenvalue weighted by Crippen LogP contribution is -1.99. The van der Waals surface area contributed by atoms with Crippen molar-refractivity contribution in [1.82, 2.24) is 20.2 Å². The van der Waals surface area contributed by atoms with Crippen LogP contribution in [0.2, 0.25) is 0 Å². The molecule has 1 aromatic heterocycles. The molecule has 0 N–H and O–H groups in total. The monoisotopic (exact) mass is 234 g/mol. The van der Waals surface area contributed by atoms with E-state index < -0.39 is 0 Å². The van der Waals surface area contributed by atoms with Crippen molar-refractivity contribution in [3.63, 3.8) is 0 Å². The van der Waals surface area contributed by atoms with Gasteiger partial charge in [0.25, 0.3) is 0 Å². The van der Waals surface area contributed by atoms with Crippen LogP contribution in [-0.2, 0) is 0 Å². The molecule has 1 heterocycles. The van der Waals surface area contributed by atoms with Crippen molar-refractivity contribution in [3.8, 4) is 5.69 Å². The first-order valence-corrected chi connectivity index (χ1v) is 6.37. The van der Waals surface area contributed by atoms with Crippen LogP contribution in [0.15, 0.2) is 29.2 Å². The van der Waals surface area contributed by atoms with Gasteiger partial charge in [0, 0.05) is 10.8 Å². The van der Waals surface area contributed by atoms with E-state index in [2.05, 4.69) is 47.6 Å². The lowest BCUT2D eigenvalue weighted by molar-refractivity contribution is 0.711. The summed E-state index contributed by atoms with van der Waals surface area (Å²) in [7, 11) is 0. The maximum absolute atomic E-state index is 4.32. The van der Waals surface area contributed by atoms with E-state index in [0.717, 1.165) is 11.5 Å². The summed E-state index contributed by atoms with van der Waals surface area (Å²) in [5.74, 6) is 1.08. The van der Waals surface area contributed by atoms with Gasteiger partial charge in [-0.2, -0.15) is 0 Å². The SMILES string of the molecule is CSc1ccc(-n2nnc(C(C)C)n2)cc1. The first-order chi connectivity index (χ1) is 7.70. The maximum Gasteiger partial charge on any atom is 0.177 e. The van der Waals surface area contributed by atoms with Crippen LogP contribution in [0.25, 0.3) is 5.69 Å². The normalized spacial score (nSPS) is 11.0. The van der Waals surface area contributed by atoms with Crippen molar-refractivity contribution in [2.75, 3.05) is 6.26 Å². The standard InChI is InChI=1S/C11H14N4S/c1-8(2)11-12-14-15(13-11)9-4-6-10(16-3)7-5-9/h4-8H,1-3H3. The van der Waals surface area contributed by atoms with Gasteiger partial charge in [-0.05, 0) is 35.7 Å². The van der Waals surface area contributed by atoms with E-state index >= 15 is 0 Å². The molecule has 2 rings (SSSR count). The van der Waals surface area contributed by atoms with E-state index in [4.69, 9.17) is 0 Å². The Morgan fingerprint density at radius 3 is 2.38 bits per heavy atom. The van der Waals surface area contributed by atoms with Crippen LogP contribution in [0.4, 0.5) is 0 Å². The fraction of sp³-hybridized carbons (Fsp3) is 0.364. The summed E-state index contributed by atoms with van der Waals surface area (Å²) >= 11 is 1.72. The Hall–Kier alpha value is -1.36. The van der Waals surface area contributed by atoms with Gasteiger partial charge in [-0.15, -0.1) is 26.8 Å². The lowest BCUT2D eigenvalue weighted by Gasteiger charge is -2.00. The Balaban J connectivity index is 2.28. The minimum atomic E-state index is 0.305. The van der Waals surface area contributed by atoms with Crippen LogP contribution < -0.4 is 0 Å². The van der Waals surface area contributed by atoms with E-state index in [1.54, 1.807) is 16.6 Å². The zero-order chi connectivity index (χ0) is 11.5. The topological polar surface area (TPSA) is 43.6 Å². The van der Waals surface area contributed by atoms with Crippen molar-refractivity contribution in [2.24, 2.45) is 0 Å². The molecule has 2 aromatic rings. The number of benzene rings is 1. The second-order valence-corrected chi connectivity index (χ2v) is 4.67.